The molecule has 0 saturated heterocycles. The molecule has 1 rings (SSSR count). The highest BCUT2D eigenvalue weighted by atomic mass is 32.2. The molecule has 0 unspecified atom stereocenters. The topological polar surface area (TPSA) is 12.9 Å². The van der Waals surface area contributed by atoms with E-state index < -0.39 is 0 Å². The summed E-state index contributed by atoms with van der Waals surface area (Å²) in [4.78, 5) is 4.15. The first kappa shape index (κ1) is 7.61. The quantitative estimate of drug-likeness (QED) is 0.600. The van der Waals surface area contributed by atoms with Crippen LogP contribution in [0.25, 0.3) is 0 Å². The maximum absolute atomic E-state index is 5.47. The van der Waals surface area contributed by atoms with Gasteiger partial charge in [-0.25, -0.2) is 4.98 Å². The minimum atomic E-state index is 0.573. The summed E-state index contributed by atoms with van der Waals surface area (Å²) in [6.45, 7) is 5.47. The second-order valence-electron chi connectivity index (χ2n) is 1.88. The van der Waals surface area contributed by atoms with Crippen LogP contribution in [0.15, 0.2) is 23.4 Å². The second kappa shape index (κ2) is 3.62. The van der Waals surface area contributed by atoms with Crippen LogP contribution in [0.3, 0.4) is 0 Å². The summed E-state index contributed by atoms with van der Waals surface area (Å²) in [6, 6.07) is 3.90. The van der Waals surface area contributed by atoms with Crippen molar-refractivity contribution in [2.45, 2.75) is 11.4 Å². The van der Waals surface area contributed by atoms with Crippen LogP contribution in [0.5, 0.6) is 0 Å². The van der Waals surface area contributed by atoms with E-state index in [0.717, 1.165) is 10.6 Å². The standard InChI is InChI=1S/C8H9NS/c1-3-7-5-4-6-9-8(7)10-2/h1,4-6H,3H2,2H3. The van der Waals surface area contributed by atoms with E-state index in [9.17, 15) is 0 Å². The van der Waals surface area contributed by atoms with E-state index in [1.807, 2.05) is 18.4 Å². The van der Waals surface area contributed by atoms with E-state index in [1.165, 1.54) is 0 Å². The van der Waals surface area contributed by atoms with Gasteiger partial charge in [-0.3, -0.25) is 0 Å². The van der Waals surface area contributed by atoms with Crippen LogP contribution in [-0.4, -0.2) is 11.2 Å². The van der Waals surface area contributed by atoms with Crippen molar-refractivity contribution in [3.05, 3.63) is 30.8 Å². The molecule has 0 bridgehead atoms. The Balaban J connectivity index is 2.96. The maximum Gasteiger partial charge on any atom is 0.0989 e. The monoisotopic (exact) mass is 151 g/mol. The van der Waals surface area contributed by atoms with Crippen molar-refractivity contribution in [1.29, 1.82) is 0 Å². The van der Waals surface area contributed by atoms with Gasteiger partial charge in [-0.2, -0.15) is 0 Å². The predicted molar refractivity (Wildman–Crippen MR) is 44.0 cm³/mol. The molecule has 0 spiro atoms. The predicted octanol–water partition coefficient (Wildman–Crippen LogP) is 2.06. The summed E-state index contributed by atoms with van der Waals surface area (Å²) in [7, 11) is 0. The molecule has 0 atom stereocenters. The lowest BCUT2D eigenvalue weighted by atomic mass is 10.2. The van der Waals surface area contributed by atoms with Gasteiger partial charge in [-0.05, 0) is 31.2 Å². The number of nitrogens with zero attached hydrogens (tertiary/aromatic N) is 1. The largest absolute Gasteiger partial charge is 0.250 e. The zero-order valence-corrected chi connectivity index (χ0v) is 6.69. The van der Waals surface area contributed by atoms with E-state index in [0.29, 0.717) is 6.42 Å². The van der Waals surface area contributed by atoms with Crippen molar-refractivity contribution < 1.29 is 0 Å². The van der Waals surface area contributed by atoms with Gasteiger partial charge in [0.1, 0.15) is 0 Å². The van der Waals surface area contributed by atoms with Gasteiger partial charge in [0.05, 0.1) is 5.03 Å². The molecule has 0 aliphatic rings. The summed E-state index contributed by atoms with van der Waals surface area (Å²) >= 11 is 1.63. The zero-order valence-electron chi connectivity index (χ0n) is 5.87. The van der Waals surface area contributed by atoms with Gasteiger partial charge >= 0.3 is 0 Å². The Bertz CT molecular complexity index is 187. The molecular weight excluding hydrogens is 142 g/mol. The van der Waals surface area contributed by atoms with Crippen LogP contribution >= 0.6 is 11.8 Å². The fourth-order valence-electron chi connectivity index (χ4n) is 0.763. The van der Waals surface area contributed by atoms with Gasteiger partial charge in [0.25, 0.3) is 0 Å². The smallest absolute Gasteiger partial charge is 0.0989 e. The molecule has 0 aliphatic carbocycles. The molecular formula is C8H9NS. The number of thioether (sulfide) groups is 1. The molecule has 0 N–H and O–H groups in total. The molecule has 0 aromatic carbocycles. The highest BCUT2D eigenvalue weighted by Crippen LogP contribution is 2.16. The first-order chi connectivity index (χ1) is 4.88. The fourth-order valence-corrected chi connectivity index (χ4v) is 1.34. The molecule has 0 fully saturated rings. The van der Waals surface area contributed by atoms with Crippen molar-refractivity contribution in [3.8, 4) is 0 Å². The molecule has 1 nitrogen and oxygen atoms in total. The Labute approximate surface area is 65.9 Å². The van der Waals surface area contributed by atoms with Crippen LogP contribution in [0.1, 0.15) is 5.56 Å². The minimum Gasteiger partial charge on any atom is -0.250 e. The van der Waals surface area contributed by atoms with Crippen LogP contribution in [0, 0.1) is 6.92 Å². The molecule has 0 aliphatic heterocycles. The average Bonchev–Trinajstić information content (AvgIpc) is 2.04. The third-order valence-electron chi connectivity index (χ3n) is 1.26. The maximum atomic E-state index is 5.47. The molecule has 2 heteroatoms. The summed E-state index contributed by atoms with van der Waals surface area (Å²) in [6.07, 6.45) is 4.36. The number of aromatic nitrogens is 1. The van der Waals surface area contributed by atoms with E-state index in [1.54, 1.807) is 18.0 Å². The van der Waals surface area contributed by atoms with Gasteiger partial charge in [0, 0.05) is 6.20 Å². The van der Waals surface area contributed by atoms with Crippen molar-refractivity contribution in [3.63, 3.8) is 0 Å². The van der Waals surface area contributed by atoms with E-state index >= 15 is 0 Å². The van der Waals surface area contributed by atoms with E-state index in [-0.39, 0.29) is 0 Å². The highest BCUT2D eigenvalue weighted by Gasteiger charge is 1.96. The summed E-state index contributed by atoms with van der Waals surface area (Å²) < 4.78 is 0. The number of hydrogen-bond acceptors (Lipinski definition) is 2. The third-order valence-corrected chi connectivity index (χ3v) is 2.02. The zero-order chi connectivity index (χ0) is 7.40. The first-order valence-electron chi connectivity index (χ1n) is 3.06. The van der Waals surface area contributed by atoms with Crippen LogP contribution < -0.4 is 0 Å². The normalized spacial score (nSPS) is 9.80. The molecule has 1 aromatic rings. The SMILES string of the molecule is [CH]Cc1cccnc1SC. The van der Waals surface area contributed by atoms with Crippen LogP contribution in [-0.2, 0) is 6.42 Å². The molecule has 1 aromatic heterocycles. The Kier molecular flexibility index (Phi) is 2.75. The molecule has 0 amide bonds. The Morgan fingerprint density at radius 1 is 1.70 bits per heavy atom. The summed E-state index contributed by atoms with van der Waals surface area (Å²) in [5.41, 5.74) is 1.12. The highest BCUT2D eigenvalue weighted by molar-refractivity contribution is 7.98. The number of pyridine rings is 1. The number of rotatable bonds is 2. The molecule has 52 valence electrons. The van der Waals surface area contributed by atoms with Gasteiger partial charge in [-0.1, -0.05) is 6.07 Å². The fraction of sp³-hybridized carbons (Fsp3) is 0.250. The van der Waals surface area contributed by atoms with E-state index in [4.69, 9.17) is 6.92 Å². The van der Waals surface area contributed by atoms with Crippen molar-refractivity contribution in [2.75, 3.05) is 6.26 Å². The molecule has 1 heterocycles. The van der Waals surface area contributed by atoms with Crippen molar-refractivity contribution >= 4 is 11.8 Å². The van der Waals surface area contributed by atoms with Gasteiger partial charge in [-0.15, -0.1) is 11.8 Å². The first-order valence-corrected chi connectivity index (χ1v) is 4.29. The average molecular weight is 151 g/mol. The second-order valence-corrected chi connectivity index (χ2v) is 2.67. The summed E-state index contributed by atoms with van der Waals surface area (Å²) in [5, 5.41) is 1.03. The van der Waals surface area contributed by atoms with Gasteiger partial charge < -0.3 is 0 Å². The Morgan fingerprint density at radius 2 is 2.50 bits per heavy atom. The lowest BCUT2D eigenvalue weighted by Gasteiger charge is -2.00. The molecule has 2 radical (unpaired) electrons. The lowest BCUT2D eigenvalue weighted by Crippen LogP contribution is -1.86. The van der Waals surface area contributed by atoms with Crippen LogP contribution in [0.2, 0.25) is 0 Å². The Hall–Kier alpha value is -0.500. The third kappa shape index (κ3) is 1.51. The van der Waals surface area contributed by atoms with Gasteiger partial charge in [0.15, 0.2) is 0 Å². The molecule has 0 saturated carbocycles. The van der Waals surface area contributed by atoms with Gasteiger partial charge in [0.2, 0.25) is 0 Å². The Morgan fingerprint density at radius 3 is 3.00 bits per heavy atom. The number of hydrogen-bond donors (Lipinski definition) is 0. The molecule has 10 heavy (non-hydrogen) atoms. The summed E-state index contributed by atoms with van der Waals surface area (Å²) in [5.74, 6) is 0. The minimum absolute atomic E-state index is 0.573. The van der Waals surface area contributed by atoms with Crippen molar-refractivity contribution in [2.24, 2.45) is 0 Å². The van der Waals surface area contributed by atoms with E-state index in [2.05, 4.69) is 4.98 Å². The van der Waals surface area contributed by atoms with Crippen LogP contribution in [0.4, 0.5) is 0 Å². The lowest BCUT2D eigenvalue weighted by molar-refractivity contribution is 1.04. The van der Waals surface area contributed by atoms with Crippen molar-refractivity contribution in [1.82, 2.24) is 4.98 Å².